The molecule has 0 fully saturated rings. The monoisotopic (exact) mass is 342 g/mol. The summed E-state index contributed by atoms with van der Waals surface area (Å²) in [7, 11) is 0. The molecule has 3 aromatic rings. The van der Waals surface area contributed by atoms with Crippen molar-refractivity contribution in [2.24, 2.45) is 0 Å². The van der Waals surface area contributed by atoms with Gasteiger partial charge in [-0.2, -0.15) is 0 Å². The normalized spacial score (nSPS) is 13.2. The first-order valence-electron chi connectivity index (χ1n) is 7.64. The predicted molar refractivity (Wildman–Crippen MR) is 89.8 cm³/mol. The molecule has 0 aliphatic rings. The topological polar surface area (TPSA) is 113 Å². The van der Waals surface area contributed by atoms with Crippen LogP contribution in [0.5, 0.6) is 0 Å². The highest BCUT2D eigenvalue weighted by molar-refractivity contribution is 5.90. The molecule has 8 nitrogen and oxygen atoms in total. The summed E-state index contributed by atoms with van der Waals surface area (Å²) in [4.78, 5) is 12.2. The Morgan fingerprint density at radius 1 is 1.32 bits per heavy atom. The van der Waals surface area contributed by atoms with E-state index in [1.165, 1.54) is 12.7 Å². The number of nitrogens with one attached hydrogen (secondary N) is 2. The molecule has 25 heavy (non-hydrogen) atoms. The highest BCUT2D eigenvalue weighted by atomic mass is 16.4. The second-order valence-electron chi connectivity index (χ2n) is 5.83. The van der Waals surface area contributed by atoms with E-state index in [9.17, 15) is 9.90 Å². The van der Waals surface area contributed by atoms with E-state index in [1.54, 1.807) is 25.1 Å². The van der Waals surface area contributed by atoms with Crippen LogP contribution in [0.2, 0.25) is 0 Å². The number of carbonyl (C=O) groups is 1. The maximum absolute atomic E-state index is 12.2. The van der Waals surface area contributed by atoms with E-state index >= 15 is 0 Å². The second-order valence-corrected chi connectivity index (χ2v) is 5.83. The molecular weight excluding hydrogens is 324 g/mol. The zero-order valence-electron chi connectivity index (χ0n) is 13.8. The Morgan fingerprint density at radius 3 is 2.84 bits per heavy atom. The van der Waals surface area contributed by atoms with Gasteiger partial charge in [-0.3, -0.25) is 0 Å². The van der Waals surface area contributed by atoms with Crippen LogP contribution < -0.4 is 10.6 Å². The van der Waals surface area contributed by atoms with Crippen molar-refractivity contribution in [1.82, 2.24) is 15.5 Å². The van der Waals surface area contributed by atoms with Gasteiger partial charge >= 0.3 is 6.03 Å². The number of nitrogens with zero attached hydrogens (tertiary/aromatic N) is 2. The van der Waals surface area contributed by atoms with E-state index in [0.717, 1.165) is 5.56 Å². The van der Waals surface area contributed by atoms with Gasteiger partial charge in [-0.25, -0.2) is 4.79 Å². The highest BCUT2D eigenvalue weighted by Crippen LogP contribution is 2.24. The molecule has 0 aliphatic heterocycles. The van der Waals surface area contributed by atoms with Crippen LogP contribution in [0.15, 0.2) is 51.8 Å². The minimum absolute atomic E-state index is 0.00521. The van der Waals surface area contributed by atoms with E-state index in [-0.39, 0.29) is 6.54 Å². The molecule has 2 heterocycles. The molecule has 1 aromatic carbocycles. The Hall–Kier alpha value is -3.13. The minimum atomic E-state index is -1.30. The standard InChI is InChI=1S/C17H18N4O4/c1-11-5-6-12(15-21-19-10-25-15)8-13(11)20-16(22)18-9-17(2,23)14-4-3-7-24-14/h3-8,10,23H,9H2,1-2H3,(H2,18,20,22)/t17-/m1/s1. The summed E-state index contributed by atoms with van der Waals surface area (Å²) in [5, 5.41) is 23.2. The van der Waals surface area contributed by atoms with Gasteiger partial charge in [-0.1, -0.05) is 6.07 Å². The van der Waals surface area contributed by atoms with Gasteiger partial charge in [-0.05, 0) is 43.7 Å². The van der Waals surface area contributed by atoms with Gasteiger partial charge < -0.3 is 24.6 Å². The first-order valence-corrected chi connectivity index (χ1v) is 7.64. The number of aromatic nitrogens is 2. The highest BCUT2D eigenvalue weighted by Gasteiger charge is 2.26. The molecule has 0 unspecified atom stereocenters. The third-order valence-corrected chi connectivity index (χ3v) is 3.74. The van der Waals surface area contributed by atoms with Gasteiger partial charge in [0.1, 0.15) is 11.4 Å². The first kappa shape index (κ1) is 16.7. The smallest absolute Gasteiger partial charge is 0.319 e. The summed E-state index contributed by atoms with van der Waals surface area (Å²) in [5.41, 5.74) is 0.865. The van der Waals surface area contributed by atoms with Crippen LogP contribution in [-0.4, -0.2) is 27.9 Å². The van der Waals surface area contributed by atoms with Crippen molar-refractivity contribution >= 4 is 11.7 Å². The van der Waals surface area contributed by atoms with Crippen molar-refractivity contribution in [3.05, 3.63) is 54.3 Å². The third kappa shape index (κ3) is 3.86. The Balaban J connectivity index is 1.66. The fourth-order valence-electron chi connectivity index (χ4n) is 2.28. The van der Waals surface area contributed by atoms with Crippen molar-refractivity contribution in [2.75, 3.05) is 11.9 Å². The quantitative estimate of drug-likeness (QED) is 0.657. The van der Waals surface area contributed by atoms with Gasteiger partial charge in [0.15, 0.2) is 0 Å². The van der Waals surface area contributed by atoms with Crippen LogP contribution in [0.4, 0.5) is 10.5 Å². The Bertz CT molecular complexity index is 842. The molecule has 0 saturated heterocycles. The second kappa shape index (κ2) is 6.78. The summed E-state index contributed by atoms with van der Waals surface area (Å²) >= 11 is 0. The molecule has 3 N–H and O–H groups in total. The van der Waals surface area contributed by atoms with Gasteiger partial charge in [0.05, 0.1) is 12.8 Å². The molecule has 130 valence electrons. The molecule has 3 rings (SSSR count). The van der Waals surface area contributed by atoms with E-state index < -0.39 is 11.6 Å². The van der Waals surface area contributed by atoms with Crippen molar-refractivity contribution in [3.8, 4) is 11.5 Å². The number of aryl methyl sites for hydroxylation is 1. The van der Waals surface area contributed by atoms with Crippen LogP contribution in [0, 0.1) is 6.92 Å². The van der Waals surface area contributed by atoms with E-state index in [0.29, 0.717) is 22.9 Å². The van der Waals surface area contributed by atoms with E-state index in [2.05, 4.69) is 20.8 Å². The number of aliphatic hydroxyl groups is 1. The molecule has 0 bridgehead atoms. The lowest BCUT2D eigenvalue weighted by molar-refractivity contribution is 0.0372. The molecular formula is C17H18N4O4. The fraction of sp³-hybridized carbons (Fsp3) is 0.235. The Kier molecular flexibility index (Phi) is 4.53. The first-order chi connectivity index (χ1) is 12.0. The summed E-state index contributed by atoms with van der Waals surface area (Å²) < 4.78 is 10.3. The van der Waals surface area contributed by atoms with Crippen LogP contribution in [0.1, 0.15) is 18.2 Å². The maximum atomic E-state index is 12.2. The molecule has 8 heteroatoms. The molecule has 0 spiro atoms. The van der Waals surface area contributed by atoms with Crippen molar-refractivity contribution in [1.29, 1.82) is 0 Å². The molecule has 0 aliphatic carbocycles. The SMILES string of the molecule is Cc1ccc(-c2nnco2)cc1NC(=O)NC[C@@](C)(O)c1ccco1. The van der Waals surface area contributed by atoms with Crippen molar-refractivity contribution in [3.63, 3.8) is 0 Å². The van der Waals surface area contributed by atoms with Crippen LogP contribution in [0.25, 0.3) is 11.5 Å². The number of hydrogen-bond acceptors (Lipinski definition) is 6. The molecule has 0 saturated carbocycles. The number of rotatable bonds is 5. The number of benzene rings is 1. The predicted octanol–water partition coefficient (Wildman–Crippen LogP) is 2.67. The van der Waals surface area contributed by atoms with E-state index in [4.69, 9.17) is 8.83 Å². The summed E-state index contributed by atoms with van der Waals surface area (Å²) in [6, 6.07) is 8.29. The van der Waals surface area contributed by atoms with Crippen LogP contribution >= 0.6 is 0 Å². The lowest BCUT2D eigenvalue weighted by Crippen LogP contribution is -2.40. The number of carbonyl (C=O) groups excluding carboxylic acids is 1. The number of urea groups is 1. The average Bonchev–Trinajstić information content (AvgIpc) is 3.29. The lowest BCUT2D eigenvalue weighted by Gasteiger charge is -2.21. The van der Waals surface area contributed by atoms with Gasteiger partial charge in [0.25, 0.3) is 0 Å². The Labute approximate surface area is 143 Å². The fourth-order valence-corrected chi connectivity index (χ4v) is 2.28. The number of amides is 2. The van der Waals surface area contributed by atoms with Crippen molar-refractivity contribution < 1.29 is 18.7 Å². The lowest BCUT2D eigenvalue weighted by atomic mass is 10.0. The summed E-state index contributed by atoms with van der Waals surface area (Å²) in [6.45, 7) is 3.43. The number of anilines is 1. The molecule has 1 atom stereocenters. The average molecular weight is 342 g/mol. The molecule has 0 radical (unpaired) electrons. The van der Waals surface area contributed by atoms with Crippen molar-refractivity contribution in [2.45, 2.75) is 19.4 Å². The zero-order valence-corrected chi connectivity index (χ0v) is 13.8. The Morgan fingerprint density at radius 2 is 2.16 bits per heavy atom. The van der Waals surface area contributed by atoms with Crippen LogP contribution in [0.3, 0.4) is 0 Å². The van der Waals surface area contributed by atoms with Crippen LogP contribution in [-0.2, 0) is 5.60 Å². The van der Waals surface area contributed by atoms with E-state index in [1.807, 2.05) is 19.1 Å². The maximum Gasteiger partial charge on any atom is 0.319 e. The number of furan rings is 1. The zero-order chi connectivity index (χ0) is 17.9. The summed E-state index contributed by atoms with van der Waals surface area (Å²) in [6.07, 6.45) is 2.71. The largest absolute Gasteiger partial charge is 0.466 e. The van der Waals surface area contributed by atoms with Gasteiger partial charge in [0.2, 0.25) is 12.3 Å². The van der Waals surface area contributed by atoms with Gasteiger partial charge in [0, 0.05) is 11.3 Å². The molecule has 2 amide bonds. The third-order valence-electron chi connectivity index (χ3n) is 3.74. The summed E-state index contributed by atoms with van der Waals surface area (Å²) in [5.74, 6) is 0.742. The van der Waals surface area contributed by atoms with Gasteiger partial charge in [-0.15, -0.1) is 10.2 Å². The number of hydrogen-bond donors (Lipinski definition) is 3. The minimum Gasteiger partial charge on any atom is -0.466 e. The molecule has 2 aromatic heterocycles.